The monoisotopic (exact) mass is 264 g/mol. The number of carboxylic acid groups (broad SMARTS) is 1. The molecule has 102 valence electrons. The van der Waals surface area contributed by atoms with Crippen molar-refractivity contribution in [2.24, 2.45) is 5.92 Å². The van der Waals surface area contributed by atoms with Crippen molar-refractivity contribution in [3.63, 3.8) is 0 Å². The highest BCUT2D eigenvalue weighted by molar-refractivity contribution is 5.95. The summed E-state index contributed by atoms with van der Waals surface area (Å²) in [6.07, 6.45) is 1.26. The largest absolute Gasteiger partial charge is 0.478 e. The Morgan fingerprint density at radius 3 is 2.68 bits per heavy atom. The zero-order valence-electron chi connectivity index (χ0n) is 10.9. The van der Waals surface area contributed by atoms with E-state index in [1.807, 2.05) is 19.9 Å². The maximum atomic E-state index is 12.2. The molecule has 0 unspecified atom stereocenters. The first-order valence-corrected chi connectivity index (χ1v) is 5.93. The summed E-state index contributed by atoms with van der Waals surface area (Å²) in [5.74, 6) is -1.31. The second-order valence-electron chi connectivity index (χ2n) is 4.56. The summed E-state index contributed by atoms with van der Waals surface area (Å²) in [6.45, 7) is 4.70. The van der Waals surface area contributed by atoms with Crippen LogP contribution < -0.4 is 0 Å². The van der Waals surface area contributed by atoms with E-state index in [1.165, 1.54) is 11.0 Å². The maximum absolute atomic E-state index is 12.2. The van der Waals surface area contributed by atoms with Crippen LogP contribution in [0, 0.1) is 17.2 Å². The highest BCUT2D eigenvalue weighted by atomic mass is 16.4. The molecule has 0 fully saturated rings. The summed E-state index contributed by atoms with van der Waals surface area (Å²) < 4.78 is 4.98. The maximum Gasteiger partial charge on any atom is 0.338 e. The topological polar surface area (TPSA) is 94.5 Å². The Labute approximate surface area is 111 Å². The molecule has 1 N–H and O–H groups in total. The number of aromatic carboxylic acids is 1. The van der Waals surface area contributed by atoms with Crippen LogP contribution in [0.5, 0.6) is 0 Å². The predicted octanol–water partition coefficient (Wildman–Crippen LogP) is 1.99. The molecule has 0 aliphatic carbocycles. The van der Waals surface area contributed by atoms with E-state index < -0.39 is 11.9 Å². The van der Waals surface area contributed by atoms with Crippen LogP contribution in [0.2, 0.25) is 0 Å². The molecule has 0 aliphatic rings. The molecular formula is C13H16N2O4. The number of carbonyl (C=O) groups excluding carboxylic acids is 1. The second-order valence-corrected chi connectivity index (χ2v) is 4.56. The molecule has 1 amide bonds. The van der Waals surface area contributed by atoms with Gasteiger partial charge in [-0.25, -0.2) is 4.79 Å². The summed E-state index contributed by atoms with van der Waals surface area (Å²) >= 11 is 0. The van der Waals surface area contributed by atoms with Crippen molar-refractivity contribution in [3.8, 4) is 6.07 Å². The lowest BCUT2D eigenvalue weighted by Crippen LogP contribution is -2.34. The minimum atomic E-state index is -1.14. The van der Waals surface area contributed by atoms with Crippen molar-refractivity contribution in [1.29, 1.82) is 5.26 Å². The SMILES string of the molecule is CC(C)CN(CCC#N)C(=O)c1cc(C(=O)O)co1. The van der Waals surface area contributed by atoms with E-state index in [1.54, 1.807) is 0 Å². The van der Waals surface area contributed by atoms with Gasteiger partial charge in [0.15, 0.2) is 5.76 Å². The molecule has 1 aromatic heterocycles. The number of hydrogen-bond donors (Lipinski definition) is 1. The highest BCUT2D eigenvalue weighted by Crippen LogP contribution is 2.12. The molecule has 0 aliphatic heterocycles. The van der Waals surface area contributed by atoms with E-state index >= 15 is 0 Å². The summed E-state index contributed by atoms with van der Waals surface area (Å²) in [4.78, 5) is 24.4. The van der Waals surface area contributed by atoms with Gasteiger partial charge in [-0.1, -0.05) is 13.8 Å². The lowest BCUT2D eigenvalue weighted by Gasteiger charge is -2.22. The molecule has 0 saturated carbocycles. The van der Waals surface area contributed by atoms with Gasteiger partial charge in [0, 0.05) is 19.2 Å². The fraction of sp³-hybridized carbons (Fsp3) is 0.462. The molecule has 1 aromatic rings. The van der Waals surface area contributed by atoms with Gasteiger partial charge < -0.3 is 14.4 Å². The van der Waals surface area contributed by atoms with Gasteiger partial charge in [0.25, 0.3) is 5.91 Å². The van der Waals surface area contributed by atoms with Crippen LogP contribution in [-0.4, -0.2) is 35.0 Å². The first-order chi connectivity index (χ1) is 8.95. The van der Waals surface area contributed by atoms with Gasteiger partial charge >= 0.3 is 5.97 Å². The van der Waals surface area contributed by atoms with Crippen molar-refractivity contribution in [2.45, 2.75) is 20.3 Å². The van der Waals surface area contributed by atoms with E-state index in [0.717, 1.165) is 6.26 Å². The Morgan fingerprint density at radius 1 is 1.53 bits per heavy atom. The van der Waals surface area contributed by atoms with Crippen molar-refractivity contribution in [1.82, 2.24) is 4.90 Å². The van der Waals surface area contributed by atoms with Gasteiger partial charge in [-0.2, -0.15) is 5.26 Å². The van der Waals surface area contributed by atoms with E-state index in [4.69, 9.17) is 14.8 Å². The molecule has 6 nitrogen and oxygen atoms in total. The van der Waals surface area contributed by atoms with Crippen LogP contribution in [0.3, 0.4) is 0 Å². The minimum Gasteiger partial charge on any atom is -0.478 e. The number of furan rings is 1. The molecule has 0 spiro atoms. The number of amides is 1. The van der Waals surface area contributed by atoms with Crippen molar-refractivity contribution in [2.75, 3.05) is 13.1 Å². The van der Waals surface area contributed by atoms with Gasteiger partial charge in [0.2, 0.25) is 0 Å². The highest BCUT2D eigenvalue weighted by Gasteiger charge is 2.21. The van der Waals surface area contributed by atoms with Crippen molar-refractivity contribution < 1.29 is 19.1 Å². The first kappa shape index (κ1) is 14.8. The number of carbonyl (C=O) groups is 2. The molecule has 0 radical (unpaired) electrons. The smallest absolute Gasteiger partial charge is 0.338 e. The lowest BCUT2D eigenvalue weighted by molar-refractivity contribution is 0.0691. The molecule has 6 heteroatoms. The molecule has 0 saturated heterocycles. The third-order valence-electron chi connectivity index (χ3n) is 2.42. The number of hydrogen-bond acceptors (Lipinski definition) is 4. The van der Waals surface area contributed by atoms with Gasteiger partial charge in [-0.3, -0.25) is 4.79 Å². The van der Waals surface area contributed by atoms with E-state index in [0.29, 0.717) is 13.1 Å². The molecule has 0 atom stereocenters. The number of carboxylic acids is 1. The van der Waals surface area contributed by atoms with Gasteiger partial charge in [0.1, 0.15) is 6.26 Å². The fourth-order valence-electron chi connectivity index (χ4n) is 1.62. The van der Waals surface area contributed by atoms with Crippen LogP contribution in [0.15, 0.2) is 16.7 Å². The predicted molar refractivity (Wildman–Crippen MR) is 66.6 cm³/mol. The van der Waals surface area contributed by atoms with Crippen LogP contribution in [0.1, 0.15) is 41.2 Å². The third kappa shape index (κ3) is 4.14. The van der Waals surface area contributed by atoms with Gasteiger partial charge in [0.05, 0.1) is 18.1 Å². The number of rotatable bonds is 6. The number of nitrogens with zero attached hydrogens (tertiary/aromatic N) is 2. The second kappa shape index (κ2) is 6.59. The van der Waals surface area contributed by atoms with E-state index in [9.17, 15) is 9.59 Å². The Bertz CT molecular complexity index is 499. The molecule has 19 heavy (non-hydrogen) atoms. The van der Waals surface area contributed by atoms with Crippen LogP contribution in [0.25, 0.3) is 0 Å². The average molecular weight is 264 g/mol. The minimum absolute atomic E-state index is 0.0176. The molecular weight excluding hydrogens is 248 g/mol. The molecule has 1 heterocycles. The molecule has 0 bridgehead atoms. The number of nitriles is 1. The molecule has 0 aromatic carbocycles. The summed E-state index contributed by atoms with van der Waals surface area (Å²) in [6, 6.07) is 3.18. The van der Waals surface area contributed by atoms with Crippen LogP contribution in [0.4, 0.5) is 0 Å². The zero-order chi connectivity index (χ0) is 14.4. The van der Waals surface area contributed by atoms with Gasteiger partial charge in [-0.15, -0.1) is 0 Å². The normalized spacial score (nSPS) is 10.2. The quantitative estimate of drug-likeness (QED) is 0.847. The van der Waals surface area contributed by atoms with E-state index in [2.05, 4.69) is 0 Å². The fourth-order valence-corrected chi connectivity index (χ4v) is 1.62. The van der Waals surface area contributed by atoms with Gasteiger partial charge in [-0.05, 0) is 5.92 Å². The Balaban J connectivity index is 2.85. The van der Waals surface area contributed by atoms with Crippen LogP contribution >= 0.6 is 0 Å². The first-order valence-electron chi connectivity index (χ1n) is 5.93. The Hall–Kier alpha value is -2.29. The summed E-state index contributed by atoms with van der Waals surface area (Å²) in [5.41, 5.74) is -0.0619. The van der Waals surface area contributed by atoms with Crippen molar-refractivity contribution >= 4 is 11.9 Å². The average Bonchev–Trinajstić information content (AvgIpc) is 2.82. The van der Waals surface area contributed by atoms with Crippen LogP contribution in [-0.2, 0) is 0 Å². The van der Waals surface area contributed by atoms with Crippen molar-refractivity contribution in [3.05, 3.63) is 23.7 Å². The van der Waals surface area contributed by atoms with E-state index in [-0.39, 0.29) is 23.7 Å². The Kier molecular flexibility index (Phi) is 5.12. The third-order valence-corrected chi connectivity index (χ3v) is 2.42. The zero-order valence-corrected chi connectivity index (χ0v) is 10.9. The standard InChI is InChI=1S/C13H16N2O4/c1-9(2)7-15(5-3-4-14)12(16)11-6-10(8-19-11)13(17)18/h6,8-9H,3,5,7H2,1-2H3,(H,17,18). The summed E-state index contributed by atoms with van der Waals surface area (Å²) in [5, 5.41) is 17.4. The Morgan fingerprint density at radius 2 is 2.21 bits per heavy atom. The summed E-state index contributed by atoms with van der Waals surface area (Å²) in [7, 11) is 0. The lowest BCUT2D eigenvalue weighted by atomic mass is 10.2. The molecule has 1 rings (SSSR count).